The van der Waals surface area contributed by atoms with Crippen molar-refractivity contribution in [2.45, 2.75) is 61.8 Å². The van der Waals surface area contributed by atoms with Crippen LogP contribution < -0.4 is 20.1 Å². The third-order valence-corrected chi connectivity index (χ3v) is 9.70. The molecule has 2 fully saturated rings. The molecule has 0 spiro atoms. The molecule has 1 aliphatic heterocycles. The molecular formula is C26H33N5O4S2. The van der Waals surface area contributed by atoms with E-state index in [1.165, 1.54) is 24.2 Å². The Labute approximate surface area is 221 Å². The Balaban J connectivity index is 1.34. The zero-order chi connectivity index (χ0) is 25.8. The molecule has 2 aliphatic rings. The first-order valence-corrected chi connectivity index (χ1v) is 15.2. The summed E-state index contributed by atoms with van der Waals surface area (Å²) in [5, 5.41) is 6.72. The number of sulfonamides is 1. The third-order valence-electron chi connectivity index (χ3n) is 7.28. The largest absolute Gasteiger partial charge is 0.481 e. The number of hydrogen-bond acceptors (Lipinski definition) is 8. The molecule has 11 heteroatoms. The van der Waals surface area contributed by atoms with Crippen LogP contribution >= 0.6 is 11.3 Å². The molecule has 0 bridgehead atoms. The standard InChI is InChI=1S/C26H33N5O4S2/c1-35-23-11-10-22-25(29-23)36-26(28-22)30-24(32)21(16-17-4-2-3-5-17)18-6-8-20(9-7-18)37(33,34)31-19-12-14-27-15-13-19/h6-11,17,19,21,27,31H,2-5,12-16H2,1H3,(H,28,30,32). The van der Waals surface area contributed by atoms with E-state index in [9.17, 15) is 13.2 Å². The second-order valence-corrected chi connectivity index (χ2v) is 12.5. The SMILES string of the molecule is COc1ccc2nc(NC(=O)C(CC3CCCC3)c3ccc(S(=O)(=O)NC4CCNCC4)cc3)sc2n1. The second-order valence-electron chi connectivity index (χ2n) is 9.84. The van der Waals surface area contributed by atoms with Crippen LogP contribution in [0.1, 0.15) is 56.4 Å². The van der Waals surface area contributed by atoms with Gasteiger partial charge in [0.25, 0.3) is 0 Å². The van der Waals surface area contributed by atoms with Crippen LogP contribution in [-0.2, 0) is 14.8 Å². The lowest BCUT2D eigenvalue weighted by Gasteiger charge is -2.24. The van der Waals surface area contributed by atoms with Crippen LogP contribution in [-0.4, -0.2) is 50.5 Å². The van der Waals surface area contributed by atoms with Crippen LogP contribution in [0.2, 0.25) is 0 Å². The number of nitrogens with one attached hydrogen (secondary N) is 3. The number of rotatable bonds is 9. The molecule has 1 saturated heterocycles. The quantitative estimate of drug-likeness (QED) is 0.372. The number of thiazole rings is 1. The van der Waals surface area contributed by atoms with E-state index in [1.807, 2.05) is 6.07 Å². The summed E-state index contributed by atoms with van der Waals surface area (Å²) in [6, 6.07) is 10.3. The summed E-state index contributed by atoms with van der Waals surface area (Å²) in [6.45, 7) is 1.62. The van der Waals surface area contributed by atoms with Crippen molar-refractivity contribution in [3.63, 3.8) is 0 Å². The smallest absolute Gasteiger partial charge is 0.240 e. The molecule has 1 unspecified atom stereocenters. The molecule has 2 aromatic heterocycles. The number of nitrogens with zero attached hydrogens (tertiary/aromatic N) is 2. The third kappa shape index (κ3) is 6.28. The minimum Gasteiger partial charge on any atom is -0.481 e. The van der Waals surface area contributed by atoms with E-state index in [0.29, 0.717) is 27.3 Å². The van der Waals surface area contributed by atoms with Gasteiger partial charge >= 0.3 is 0 Å². The Morgan fingerprint density at radius 2 is 1.81 bits per heavy atom. The second kappa shape index (κ2) is 11.4. The summed E-state index contributed by atoms with van der Waals surface area (Å²) in [6.07, 6.45) is 6.86. The van der Waals surface area contributed by atoms with Crippen molar-refractivity contribution in [1.82, 2.24) is 20.0 Å². The molecule has 37 heavy (non-hydrogen) atoms. The highest BCUT2D eigenvalue weighted by Crippen LogP contribution is 2.36. The van der Waals surface area contributed by atoms with Crippen molar-refractivity contribution >= 4 is 42.7 Å². The summed E-state index contributed by atoms with van der Waals surface area (Å²) >= 11 is 1.31. The Kier molecular flexibility index (Phi) is 8.04. The number of hydrogen-bond donors (Lipinski definition) is 3. The fourth-order valence-electron chi connectivity index (χ4n) is 5.24. The molecular weight excluding hydrogens is 510 g/mol. The van der Waals surface area contributed by atoms with Crippen molar-refractivity contribution < 1.29 is 17.9 Å². The molecule has 3 N–H and O–H groups in total. The maximum atomic E-state index is 13.5. The maximum Gasteiger partial charge on any atom is 0.240 e. The fraction of sp³-hybridized carbons (Fsp3) is 0.500. The van der Waals surface area contributed by atoms with E-state index < -0.39 is 15.9 Å². The molecule has 1 amide bonds. The van der Waals surface area contributed by atoms with E-state index in [2.05, 4.69) is 25.3 Å². The number of amides is 1. The molecule has 1 aliphatic carbocycles. The van der Waals surface area contributed by atoms with Crippen molar-refractivity contribution in [2.75, 3.05) is 25.5 Å². The first-order chi connectivity index (χ1) is 17.9. The number of ether oxygens (including phenoxy) is 1. The number of methoxy groups -OCH3 is 1. The summed E-state index contributed by atoms with van der Waals surface area (Å²) in [5.41, 5.74) is 1.51. The highest BCUT2D eigenvalue weighted by atomic mass is 32.2. The number of benzene rings is 1. The molecule has 5 rings (SSSR count). The van der Waals surface area contributed by atoms with Gasteiger partial charge in [0.2, 0.25) is 21.8 Å². The van der Waals surface area contributed by atoms with Gasteiger partial charge in [0.15, 0.2) is 5.13 Å². The lowest BCUT2D eigenvalue weighted by molar-refractivity contribution is -0.118. The van der Waals surface area contributed by atoms with E-state index in [-0.39, 0.29) is 16.8 Å². The van der Waals surface area contributed by atoms with Gasteiger partial charge in [0, 0.05) is 12.1 Å². The number of pyridine rings is 1. The normalized spacial score (nSPS) is 18.2. The van der Waals surface area contributed by atoms with Crippen LogP contribution in [0.3, 0.4) is 0 Å². The molecule has 0 radical (unpaired) electrons. The molecule has 9 nitrogen and oxygen atoms in total. The van der Waals surface area contributed by atoms with Gasteiger partial charge in [0.05, 0.1) is 17.9 Å². The molecule has 1 atom stereocenters. The average molecular weight is 544 g/mol. The maximum absolute atomic E-state index is 13.5. The van der Waals surface area contributed by atoms with Gasteiger partial charge in [-0.15, -0.1) is 0 Å². The number of carbonyl (C=O) groups excluding carboxylic acids is 1. The van der Waals surface area contributed by atoms with E-state index in [1.54, 1.807) is 37.4 Å². The van der Waals surface area contributed by atoms with Crippen LogP contribution in [0.5, 0.6) is 5.88 Å². The zero-order valence-corrected chi connectivity index (χ0v) is 22.5. The zero-order valence-electron chi connectivity index (χ0n) is 20.9. The van der Waals surface area contributed by atoms with Crippen LogP contribution in [0.4, 0.5) is 5.13 Å². The lowest BCUT2D eigenvalue weighted by Crippen LogP contribution is -2.42. The summed E-state index contributed by atoms with van der Waals surface area (Å²) in [4.78, 5) is 23.3. The van der Waals surface area contributed by atoms with Crippen LogP contribution in [0.25, 0.3) is 10.3 Å². The Bertz CT molecular complexity index is 1330. The van der Waals surface area contributed by atoms with Gasteiger partial charge in [-0.05, 0) is 62.0 Å². The van der Waals surface area contributed by atoms with Crippen molar-refractivity contribution in [3.8, 4) is 5.88 Å². The average Bonchev–Trinajstić information content (AvgIpc) is 3.56. The Morgan fingerprint density at radius 1 is 1.08 bits per heavy atom. The van der Waals surface area contributed by atoms with Gasteiger partial charge in [-0.2, -0.15) is 0 Å². The van der Waals surface area contributed by atoms with Crippen molar-refractivity contribution in [2.24, 2.45) is 5.92 Å². The Hall–Kier alpha value is -2.60. The highest BCUT2D eigenvalue weighted by Gasteiger charge is 2.28. The van der Waals surface area contributed by atoms with Crippen molar-refractivity contribution in [3.05, 3.63) is 42.0 Å². The topological polar surface area (TPSA) is 122 Å². The molecule has 198 valence electrons. The molecule has 1 saturated carbocycles. The van der Waals surface area contributed by atoms with Gasteiger partial charge in [-0.25, -0.2) is 23.1 Å². The van der Waals surface area contributed by atoms with Gasteiger partial charge in [-0.1, -0.05) is 49.2 Å². The van der Waals surface area contributed by atoms with E-state index in [0.717, 1.165) is 50.8 Å². The lowest BCUT2D eigenvalue weighted by atomic mass is 9.87. The van der Waals surface area contributed by atoms with E-state index >= 15 is 0 Å². The first-order valence-electron chi connectivity index (χ1n) is 12.9. The number of fused-ring (bicyclic) bond motifs is 1. The fourth-order valence-corrected chi connectivity index (χ4v) is 7.38. The van der Waals surface area contributed by atoms with Gasteiger partial charge in [-0.3, -0.25) is 4.79 Å². The molecule has 1 aromatic carbocycles. The highest BCUT2D eigenvalue weighted by molar-refractivity contribution is 7.89. The predicted molar refractivity (Wildman–Crippen MR) is 145 cm³/mol. The predicted octanol–water partition coefficient (Wildman–Crippen LogP) is 4.03. The van der Waals surface area contributed by atoms with Gasteiger partial charge in [0.1, 0.15) is 10.3 Å². The first kappa shape index (κ1) is 26.0. The van der Waals surface area contributed by atoms with Crippen LogP contribution in [0.15, 0.2) is 41.3 Å². The number of aromatic nitrogens is 2. The molecule has 3 heterocycles. The molecule has 3 aromatic rings. The number of carbonyl (C=O) groups is 1. The Morgan fingerprint density at radius 3 is 2.51 bits per heavy atom. The van der Waals surface area contributed by atoms with Gasteiger partial charge < -0.3 is 15.4 Å². The summed E-state index contributed by atoms with van der Waals surface area (Å²) < 4.78 is 33.9. The summed E-state index contributed by atoms with van der Waals surface area (Å²) in [7, 11) is -2.06. The minimum atomic E-state index is -3.62. The minimum absolute atomic E-state index is 0.0601. The van der Waals surface area contributed by atoms with E-state index in [4.69, 9.17) is 4.74 Å². The van der Waals surface area contributed by atoms with Crippen LogP contribution in [0, 0.1) is 5.92 Å². The monoisotopic (exact) mass is 543 g/mol. The number of anilines is 1. The number of piperidine rings is 1. The van der Waals surface area contributed by atoms with Crippen molar-refractivity contribution in [1.29, 1.82) is 0 Å². The summed E-state index contributed by atoms with van der Waals surface area (Å²) in [5.74, 6) is 0.438.